The molecule has 5 heteroatoms. The Bertz CT molecular complexity index is 362. The fraction of sp³-hybridized carbons (Fsp3) is 0.643. The largest absolute Gasteiger partial charge is 0.467 e. The van der Waals surface area contributed by atoms with E-state index in [1.54, 1.807) is 13.3 Å². The van der Waals surface area contributed by atoms with Gasteiger partial charge >= 0.3 is 0 Å². The molecule has 0 aliphatic rings. The van der Waals surface area contributed by atoms with Gasteiger partial charge in [-0.3, -0.25) is 4.99 Å². The number of hydrogen-bond donors (Lipinski definition) is 3. The third kappa shape index (κ3) is 4.59. The fourth-order valence-corrected chi connectivity index (χ4v) is 1.86. The molecular formula is C14H25N3O2. The molecule has 0 saturated carbocycles. The summed E-state index contributed by atoms with van der Waals surface area (Å²) in [5.41, 5.74) is -0.0810. The standard InChI is InChI=1S/C14H25N3O2/c1-4-14(5-2,11-18)10-17-13(15-3)16-9-12-7-6-8-19-12/h6-8,18H,4-5,9-11H2,1-3H3,(H2,15,16,17). The Balaban J connectivity index is 2.44. The minimum Gasteiger partial charge on any atom is -0.467 e. The molecule has 0 spiro atoms. The van der Waals surface area contributed by atoms with Gasteiger partial charge in [-0.1, -0.05) is 13.8 Å². The van der Waals surface area contributed by atoms with E-state index in [-0.39, 0.29) is 12.0 Å². The van der Waals surface area contributed by atoms with Crippen LogP contribution in [0.25, 0.3) is 0 Å². The van der Waals surface area contributed by atoms with Crippen LogP contribution in [-0.2, 0) is 6.54 Å². The monoisotopic (exact) mass is 267 g/mol. The molecule has 0 aromatic carbocycles. The van der Waals surface area contributed by atoms with Gasteiger partial charge in [0.05, 0.1) is 19.4 Å². The van der Waals surface area contributed by atoms with E-state index in [0.717, 1.165) is 24.6 Å². The molecule has 0 saturated heterocycles. The molecule has 1 heterocycles. The molecule has 1 aromatic heterocycles. The second kappa shape index (κ2) is 7.84. The van der Waals surface area contributed by atoms with Crippen molar-refractivity contribution >= 4 is 5.96 Å². The maximum atomic E-state index is 9.53. The molecule has 19 heavy (non-hydrogen) atoms. The average Bonchev–Trinajstić information content (AvgIpc) is 2.97. The van der Waals surface area contributed by atoms with E-state index in [1.165, 1.54) is 0 Å². The molecule has 0 fully saturated rings. The number of aliphatic imine (C=N–C) groups is 1. The van der Waals surface area contributed by atoms with Crippen molar-refractivity contribution in [3.8, 4) is 0 Å². The fourth-order valence-electron chi connectivity index (χ4n) is 1.86. The summed E-state index contributed by atoms with van der Waals surface area (Å²) in [7, 11) is 1.73. The maximum Gasteiger partial charge on any atom is 0.191 e. The summed E-state index contributed by atoms with van der Waals surface area (Å²) in [6, 6.07) is 3.77. The van der Waals surface area contributed by atoms with Crippen LogP contribution in [0, 0.1) is 5.41 Å². The van der Waals surface area contributed by atoms with Gasteiger partial charge in [0.2, 0.25) is 0 Å². The van der Waals surface area contributed by atoms with E-state index in [9.17, 15) is 5.11 Å². The van der Waals surface area contributed by atoms with E-state index in [0.29, 0.717) is 13.1 Å². The van der Waals surface area contributed by atoms with Gasteiger partial charge in [-0.25, -0.2) is 0 Å². The molecule has 0 atom stereocenters. The van der Waals surface area contributed by atoms with Crippen LogP contribution < -0.4 is 10.6 Å². The Labute approximate surface area is 115 Å². The Kier molecular flexibility index (Phi) is 6.42. The number of aliphatic hydroxyl groups excluding tert-OH is 1. The lowest BCUT2D eigenvalue weighted by Gasteiger charge is -2.30. The number of furan rings is 1. The summed E-state index contributed by atoms with van der Waals surface area (Å²) in [6.07, 6.45) is 3.52. The topological polar surface area (TPSA) is 69.8 Å². The Morgan fingerprint density at radius 2 is 2.11 bits per heavy atom. The SMILES string of the molecule is CCC(CC)(CO)CNC(=NC)NCc1ccco1. The van der Waals surface area contributed by atoms with Gasteiger partial charge in [0.25, 0.3) is 0 Å². The van der Waals surface area contributed by atoms with Crippen LogP contribution in [0.4, 0.5) is 0 Å². The number of nitrogens with zero attached hydrogens (tertiary/aromatic N) is 1. The van der Waals surface area contributed by atoms with E-state index < -0.39 is 0 Å². The molecule has 3 N–H and O–H groups in total. The molecule has 0 aliphatic heterocycles. The Hall–Kier alpha value is -1.49. The molecule has 0 amide bonds. The minimum absolute atomic E-state index is 0.0810. The smallest absolute Gasteiger partial charge is 0.191 e. The third-order valence-electron chi connectivity index (χ3n) is 3.70. The molecule has 5 nitrogen and oxygen atoms in total. The lowest BCUT2D eigenvalue weighted by atomic mass is 9.83. The first kappa shape index (κ1) is 15.6. The second-order valence-corrected chi connectivity index (χ2v) is 4.72. The number of rotatable bonds is 7. The zero-order valence-corrected chi connectivity index (χ0v) is 12.1. The van der Waals surface area contributed by atoms with Crippen molar-refractivity contribution < 1.29 is 9.52 Å². The van der Waals surface area contributed by atoms with Crippen LogP contribution in [0.1, 0.15) is 32.4 Å². The first-order valence-electron chi connectivity index (χ1n) is 6.77. The predicted molar refractivity (Wildman–Crippen MR) is 77.0 cm³/mol. The van der Waals surface area contributed by atoms with E-state index in [2.05, 4.69) is 29.5 Å². The normalized spacial score (nSPS) is 12.5. The van der Waals surface area contributed by atoms with E-state index >= 15 is 0 Å². The number of nitrogens with one attached hydrogen (secondary N) is 2. The summed E-state index contributed by atoms with van der Waals surface area (Å²) in [5.74, 6) is 1.58. The van der Waals surface area contributed by atoms with Crippen molar-refractivity contribution in [3.05, 3.63) is 24.2 Å². The van der Waals surface area contributed by atoms with Gasteiger partial charge in [0.1, 0.15) is 5.76 Å². The first-order valence-corrected chi connectivity index (χ1v) is 6.77. The zero-order chi connectivity index (χ0) is 14.1. The summed E-state index contributed by atoms with van der Waals surface area (Å²) in [5, 5.41) is 16.0. The van der Waals surface area contributed by atoms with Crippen LogP contribution in [-0.4, -0.2) is 31.3 Å². The van der Waals surface area contributed by atoms with Crippen LogP contribution in [0.15, 0.2) is 27.8 Å². The second-order valence-electron chi connectivity index (χ2n) is 4.72. The number of hydrogen-bond acceptors (Lipinski definition) is 3. The molecule has 108 valence electrons. The summed E-state index contributed by atoms with van der Waals surface area (Å²) < 4.78 is 5.25. The minimum atomic E-state index is -0.0810. The van der Waals surface area contributed by atoms with Crippen LogP contribution >= 0.6 is 0 Å². The molecule has 0 unspecified atom stereocenters. The first-order chi connectivity index (χ1) is 9.19. The molecular weight excluding hydrogens is 242 g/mol. The van der Waals surface area contributed by atoms with Crippen LogP contribution in [0.3, 0.4) is 0 Å². The average molecular weight is 267 g/mol. The highest BCUT2D eigenvalue weighted by molar-refractivity contribution is 5.79. The molecule has 0 aliphatic carbocycles. The Morgan fingerprint density at radius 3 is 2.58 bits per heavy atom. The lowest BCUT2D eigenvalue weighted by molar-refractivity contribution is 0.118. The zero-order valence-electron chi connectivity index (χ0n) is 12.1. The highest BCUT2D eigenvalue weighted by Crippen LogP contribution is 2.24. The van der Waals surface area contributed by atoms with Crippen LogP contribution in [0.5, 0.6) is 0 Å². The maximum absolute atomic E-state index is 9.53. The molecule has 1 rings (SSSR count). The number of aliphatic hydroxyl groups is 1. The molecule has 0 bridgehead atoms. The number of guanidine groups is 1. The van der Waals surface area contributed by atoms with Gasteiger partial charge in [-0.15, -0.1) is 0 Å². The predicted octanol–water partition coefficient (Wildman–Crippen LogP) is 1.74. The van der Waals surface area contributed by atoms with Crippen molar-refractivity contribution in [1.29, 1.82) is 0 Å². The Morgan fingerprint density at radius 1 is 1.37 bits per heavy atom. The van der Waals surface area contributed by atoms with Gasteiger partial charge in [-0.05, 0) is 25.0 Å². The van der Waals surface area contributed by atoms with Gasteiger partial charge < -0.3 is 20.2 Å². The van der Waals surface area contributed by atoms with E-state index in [1.807, 2.05) is 12.1 Å². The van der Waals surface area contributed by atoms with Gasteiger partial charge in [0.15, 0.2) is 5.96 Å². The van der Waals surface area contributed by atoms with E-state index in [4.69, 9.17) is 4.42 Å². The van der Waals surface area contributed by atoms with Crippen molar-refractivity contribution in [1.82, 2.24) is 10.6 Å². The molecule has 1 aromatic rings. The van der Waals surface area contributed by atoms with Gasteiger partial charge in [-0.2, -0.15) is 0 Å². The summed E-state index contributed by atoms with van der Waals surface area (Å²) in [6.45, 7) is 5.68. The summed E-state index contributed by atoms with van der Waals surface area (Å²) in [4.78, 5) is 4.16. The highest BCUT2D eigenvalue weighted by atomic mass is 16.3. The van der Waals surface area contributed by atoms with Crippen molar-refractivity contribution in [2.75, 3.05) is 20.2 Å². The quantitative estimate of drug-likeness (QED) is 0.520. The van der Waals surface area contributed by atoms with Crippen molar-refractivity contribution in [2.24, 2.45) is 10.4 Å². The van der Waals surface area contributed by atoms with Gasteiger partial charge in [0, 0.05) is 19.0 Å². The summed E-state index contributed by atoms with van der Waals surface area (Å²) >= 11 is 0. The van der Waals surface area contributed by atoms with Crippen LogP contribution in [0.2, 0.25) is 0 Å². The molecule has 0 radical (unpaired) electrons. The highest BCUT2D eigenvalue weighted by Gasteiger charge is 2.25. The third-order valence-corrected chi connectivity index (χ3v) is 3.70. The van der Waals surface area contributed by atoms with Crippen molar-refractivity contribution in [2.45, 2.75) is 33.2 Å². The van der Waals surface area contributed by atoms with Crippen molar-refractivity contribution in [3.63, 3.8) is 0 Å². The lowest BCUT2D eigenvalue weighted by Crippen LogP contribution is -2.44.